The van der Waals surface area contributed by atoms with Gasteiger partial charge in [-0.3, -0.25) is 4.98 Å². The molecule has 1 saturated heterocycles. The lowest BCUT2D eigenvalue weighted by Crippen LogP contribution is -2.38. The van der Waals surface area contributed by atoms with E-state index >= 15 is 0 Å². The summed E-state index contributed by atoms with van der Waals surface area (Å²) in [4.78, 5) is 17.8. The van der Waals surface area contributed by atoms with Crippen LogP contribution in [-0.4, -0.2) is 50.5 Å². The number of nitrogens with zero attached hydrogens (tertiary/aromatic N) is 4. The zero-order chi connectivity index (χ0) is 16.6. The Morgan fingerprint density at radius 1 is 1.30 bits per heavy atom. The second-order valence-corrected chi connectivity index (χ2v) is 7.88. The van der Waals surface area contributed by atoms with Crippen molar-refractivity contribution in [3.8, 4) is 0 Å². The number of aromatic amines is 2. The number of H-pyrrole nitrogens is 2. The number of hydrogen-bond acceptors (Lipinski definition) is 5. The maximum atomic E-state index is 12.6. The maximum Gasteiger partial charge on any atom is 0.340 e. The van der Waals surface area contributed by atoms with Gasteiger partial charge in [0.2, 0.25) is 0 Å². The third-order valence-corrected chi connectivity index (χ3v) is 5.92. The van der Waals surface area contributed by atoms with Gasteiger partial charge in [-0.15, -0.1) is 0 Å². The summed E-state index contributed by atoms with van der Waals surface area (Å²) in [6.45, 7) is 4.70. The lowest BCUT2D eigenvalue weighted by atomic mass is 9.98. The molecule has 3 rings (SSSR count). The quantitative estimate of drug-likeness (QED) is 0.838. The van der Waals surface area contributed by atoms with E-state index in [4.69, 9.17) is 0 Å². The van der Waals surface area contributed by atoms with Crippen molar-refractivity contribution in [2.45, 2.75) is 43.7 Å². The maximum absolute atomic E-state index is 12.6. The molecule has 1 fully saturated rings. The van der Waals surface area contributed by atoms with E-state index in [2.05, 4.69) is 20.2 Å². The van der Waals surface area contributed by atoms with E-state index < -0.39 is 10.0 Å². The second-order valence-electron chi connectivity index (χ2n) is 5.99. The van der Waals surface area contributed by atoms with E-state index in [1.54, 1.807) is 17.1 Å². The fourth-order valence-electron chi connectivity index (χ4n) is 2.71. The molecule has 0 atom stereocenters. The topological polar surface area (TPSA) is 117 Å². The van der Waals surface area contributed by atoms with Gasteiger partial charge in [0.1, 0.15) is 5.82 Å². The van der Waals surface area contributed by atoms with Gasteiger partial charge in [0.25, 0.3) is 10.0 Å². The monoisotopic (exact) mass is 340 g/mol. The van der Waals surface area contributed by atoms with Crippen LogP contribution in [0.1, 0.15) is 44.5 Å². The van der Waals surface area contributed by atoms with Crippen LogP contribution in [0, 0.1) is 0 Å². The molecule has 9 nitrogen and oxygen atoms in total. The Hall–Kier alpha value is -1.94. The standard InChI is InChI=1S/C13H20N6O3S/c1-9(2)18-7-11(14-8-18)23(21,22)19-5-3-10(4-6-19)12-15-13(20)17-16-12/h7-10H,3-6H2,1-2H3,(H2,15,16,17,20). The molecule has 3 heterocycles. The van der Waals surface area contributed by atoms with Crippen LogP contribution >= 0.6 is 0 Å². The highest BCUT2D eigenvalue weighted by Crippen LogP contribution is 2.28. The van der Waals surface area contributed by atoms with Crippen LogP contribution < -0.4 is 5.69 Å². The number of aromatic nitrogens is 5. The van der Waals surface area contributed by atoms with Crippen LogP contribution in [0.25, 0.3) is 0 Å². The first-order chi connectivity index (χ1) is 10.9. The molecule has 23 heavy (non-hydrogen) atoms. The highest BCUT2D eigenvalue weighted by Gasteiger charge is 2.32. The Morgan fingerprint density at radius 3 is 2.52 bits per heavy atom. The molecule has 0 radical (unpaired) electrons. The van der Waals surface area contributed by atoms with Crippen LogP contribution in [0.4, 0.5) is 0 Å². The largest absolute Gasteiger partial charge is 0.340 e. The van der Waals surface area contributed by atoms with Crippen molar-refractivity contribution < 1.29 is 8.42 Å². The van der Waals surface area contributed by atoms with Crippen molar-refractivity contribution in [2.24, 2.45) is 0 Å². The summed E-state index contributed by atoms with van der Waals surface area (Å²) in [5.74, 6) is 0.657. The highest BCUT2D eigenvalue weighted by molar-refractivity contribution is 7.89. The van der Waals surface area contributed by atoms with Gasteiger partial charge in [0, 0.05) is 31.2 Å². The lowest BCUT2D eigenvalue weighted by Gasteiger charge is -2.29. The van der Waals surface area contributed by atoms with Crippen LogP contribution in [-0.2, 0) is 10.0 Å². The van der Waals surface area contributed by atoms with Gasteiger partial charge in [-0.1, -0.05) is 0 Å². The molecule has 2 aromatic rings. The van der Waals surface area contributed by atoms with Gasteiger partial charge < -0.3 is 4.57 Å². The fourth-order valence-corrected chi connectivity index (χ4v) is 4.10. The Bertz CT molecular complexity index is 826. The minimum Gasteiger partial charge on any atom is -0.334 e. The zero-order valence-electron chi connectivity index (χ0n) is 13.1. The smallest absolute Gasteiger partial charge is 0.334 e. The minimum absolute atomic E-state index is 0.0635. The normalized spacial score (nSPS) is 17.9. The van der Waals surface area contributed by atoms with Crippen molar-refractivity contribution in [1.29, 1.82) is 0 Å². The van der Waals surface area contributed by atoms with Crippen molar-refractivity contribution in [1.82, 2.24) is 29.0 Å². The van der Waals surface area contributed by atoms with Gasteiger partial charge >= 0.3 is 5.69 Å². The SMILES string of the molecule is CC(C)n1cnc(S(=O)(=O)N2CCC(c3n[nH]c(=O)[nH]3)CC2)c1. The predicted molar refractivity (Wildman–Crippen MR) is 82.6 cm³/mol. The molecule has 10 heteroatoms. The Morgan fingerprint density at radius 2 is 2.00 bits per heavy atom. The summed E-state index contributed by atoms with van der Waals surface area (Å²) in [5.41, 5.74) is -0.339. The molecular weight excluding hydrogens is 320 g/mol. The van der Waals surface area contributed by atoms with Crippen LogP contribution in [0.5, 0.6) is 0 Å². The van der Waals surface area contributed by atoms with Gasteiger partial charge in [0.15, 0.2) is 5.03 Å². The van der Waals surface area contributed by atoms with Gasteiger partial charge in [-0.05, 0) is 26.7 Å². The Balaban J connectivity index is 1.71. The first kappa shape index (κ1) is 15.9. The van der Waals surface area contributed by atoms with Crippen LogP contribution in [0.2, 0.25) is 0 Å². The molecule has 2 N–H and O–H groups in total. The van der Waals surface area contributed by atoms with Crippen molar-refractivity contribution in [3.05, 3.63) is 28.8 Å². The van der Waals surface area contributed by atoms with Crippen molar-refractivity contribution in [2.75, 3.05) is 13.1 Å². The molecule has 126 valence electrons. The molecule has 1 aliphatic rings. The molecule has 0 aromatic carbocycles. The summed E-state index contributed by atoms with van der Waals surface area (Å²) in [5, 5.41) is 6.35. The number of rotatable bonds is 4. The van der Waals surface area contributed by atoms with Crippen LogP contribution in [0.15, 0.2) is 22.3 Å². The third-order valence-electron chi connectivity index (χ3n) is 4.14. The number of sulfonamides is 1. The molecule has 2 aromatic heterocycles. The number of nitrogens with one attached hydrogen (secondary N) is 2. The molecule has 0 bridgehead atoms. The Kier molecular flexibility index (Phi) is 4.11. The molecule has 0 unspecified atom stereocenters. The highest BCUT2D eigenvalue weighted by atomic mass is 32.2. The van der Waals surface area contributed by atoms with Gasteiger partial charge in [-0.25, -0.2) is 23.3 Å². The number of imidazole rings is 1. The minimum atomic E-state index is -3.57. The lowest BCUT2D eigenvalue weighted by molar-refractivity contribution is 0.313. The second kappa shape index (κ2) is 5.93. The average molecular weight is 340 g/mol. The molecule has 0 saturated carbocycles. The predicted octanol–water partition coefficient (Wildman–Crippen LogP) is 0.444. The summed E-state index contributed by atoms with van der Waals surface area (Å²) in [6, 6.07) is 0.161. The first-order valence-electron chi connectivity index (χ1n) is 7.56. The van der Waals surface area contributed by atoms with E-state index in [1.165, 1.54) is 4.31 Å². The molecule has 1 aliphatic heterocycles. The first-order valence-corrected chi connectivity index (χ1v) is 9.00. The molecule has 0 aliphatic carbocycles. The summed E-state index contributed by atoms with van der Waals surface area (Å²) >= 11 is 0. The fraction of sp³-hybridized carbons (Fsp3) is 0.615. The third kappa shape index (κ3) is 3.08. The summed E-state index contributed by atoms with van der Waals surface area (Å²) in [7, 11) is -3.57. The number of hydrogen-bond donors (Lipinski definition) is 2. The summed E-state index contributed by atoms with van der Waals surface area (Å²) in [6.07, 6.45) is 4.34. The van der Waals surface area contributed by atoms with E-state index in [9.17, 15) is 13.2 Å². The molecule has 0 spiro atoms. The number of piperidine rings is 1. The van der Waals surface area contributed by atoms with E-state index in [1.807, 2.05) is 13.8 Å². The van der Waals surface area contributed by atoms with E-state index in [0.29, 0.717) is 31.8 Å². The zero-order valence-corrected chi connectivity index (χ0v) is 13.9. The summed E-state index contributed by atoms with van der Waals surface area (Å²) < 4.78 is 28.5. The Labute approximate surface area is 133 Å². The van der Waals surface area contributed by atoms with Gasteiger partial charge in [0.05, 0.1) is 6.33 Å². The van der Waals surface area contributed by atoms with E-state index in [-0.39, 0.29) is 22.7 Å². The van der Waals surface area contributed by atoms with E-state index in [0.717, 1.165) is 0 Å². The van der Waals surface area contributed by atoms with Crippen LogP contribution in [0.3, 0.4) is 0 Å². The van der Waals surface area contributed by atoms with Crippen molar-refractivity contribution in [3.63, 3.8) is 0 Å². The average Bonchev–Trinajstić information content (AvgIpc) is 3.16. The van der Waals surface area contributed by atoms with Gasteiger partial charge in [-0.2, -0.15) is 9.40 Å². The van der Waals surface area contributed by atoms with Crippen molar-refractivity contribution >= 4 is 10.0 Å². The molecular formula is C13H20N6O3S. The molecule has 0 amide bonds.